The number of hydrogen-bond donors (Lipinski definition) is 2. The average molecular weight is 426 g/mol. The zero-order valence-electron chi connectivity index (χ0n) is 18.2. The first-order chi connectivity index (χ1) is 14.9. The minimum atomic E-state index is -0.357. The van der Waals surface area contributed by atoms with Gasteiger partial charge in [-0.15, -0.1) is 0 Å². The molecule has 2 saturated heterocycles. The van der Waals surface area contributed by atoms with Crippen LogP contribution in [0.4, 0.5) is 0 Å². The number of amides is 2. The van der Waals surface area contributed by atoms with Gasteiger partial charge in [0.25, 0.3) is 0 Å². The highest BCUT2D eigenvalue weighted by atomic mass is 16.5. The van der Waals surface area contributed by atoms with E-state index < -0.39 is 0 Å². The van der Waals surface area contributed by atoms with Crippen LogP contribution in [0.3, 0.4) is 0 Å². The largest absolute Gasteiger partial charge is 0.508 e. The average Bonchev–Trinajstić information content (AvgIpc) is 3.27. The van der Waals surface area contributed by atoms with Gasteiger partial charge < -0.3 is 14.9 Å². The number of imide groups is 1. The molecule has 4 rings (SSSR count). The number of aliphatic hydroxyl groups is 1. The first kappa shape index (κ1) is 21.8. The van der Waals surface area contributed by atoms with Crippen molar-refractivity contribution >= 4 is 17.9 Å². The van der Waals surface area contributed by atoms with Gasteiger partial charge in [-0.3, -0.25) is 14.5 Å². The Balaban J connectivity index is 1.50. The summed E-state index contributed by atoms with van der Waals surface area (Å²) in [6, 6.07) is 7.14. The SMILES string of the molecule is CCCN1C(=O)[C@@H]2[C@@H](CC(CO)=C3[C@@H](CC/C(C)=C/c4cccc(O)c4)OC[C@@H]32)C1=O. The molecule has 6 nitrogen and oxygen atoms in total. The van der Waals surface area contributed by atoms with Gasteiger partial charge in [0.05, 0.1) is 31.2 Å². The van der Waals surface area contributed by atoms with Gasteiger partial charge in [0, 0.05) is 12.5 Å². The maximum atomic E-state index is 13.0. The maximum Gasteiger partial charge on any atom is 0.233 e. The first-order valence-electron chi connectivity index (χ1n) is 11.2. The second-order valence-electron chi connectivity index (χ2n) is 8.93. The van der Waals surface area contributed by atoms with E-state index in [1.165, 1.54) is 10.5 Å². The second-order valence-corrected chi connectivity index (χ2v) is 8.93. The third-order valence-electron chi connectivity index (χ3n) is 6.82. The number of carbonyl (C=O) groups excluding carboxylic acids is 2. The number of ether oxygens (including phenoxy) is 1. The zero-order valence-corrected chi connectivity index (χ0v) is 18.2. The van der Waals surface area contributed by atoms with Gasteiger partial charge in [-0.2, -0.15) is 0 Å². The Hall–Kier alpha value is -2.44. The molecular weight excluding hydrogens is 394 g/mol. The van der Waals surface area contributed by atoms with E-state index >= 15 is 0 Å². The van der Waals surface area contributed by atoms with Gasteiger partial charge in [0.2, 0.25) is 11.8 Å². The molecule has 0 unspecified atom stereocenters. The number of fused-ring (bicyclic) bond motifs is 3. The van der Waals surface area contributed by atoms with Gasteiger partial charge in [-0.1, -0.05) is 30.7 Å². The number of likely N-dealkylation sites (tertiary alicyclic amines) is 1. The third-order valence-corrected chi connectivity index (χ3v) is 6.82. The van der Waals surface area contributed by atoms with Crippen molar-refractivity contribution < 1.29 is 24.5 Å². The van der Waals surface area contributed by atoms with Crippen LogP contribution in [0.25, 0.3) is 6.08 Å². The fourth-order valence-corrected chi connectivity index (χ4v) is 5.46. The molecule has 1 aromatic rings. The zero-order chi connectivity index (χ0) is 22.1. The third kappa shape index (κ3) is 4.06. The van der Waals surface area contributed by atoms with E-state index in [0.29, 0.717) is 19.6 Å². The number of nitrogens with zero attached hydrogens (tertiary/aromatic N) is 1. The molecule has 31 heavy (non-hydrogen) atoms. The Kier molecular flexibility index (Phi) is 6.30. The lowest BCUT2D eigenvalue weighted by Crippen LogP contribution is -2.35. The molecule has 2 heterocycles. The van der Waals surface area contributed by atoms with Crippen molar-refractivity contribution in [3.63, 3.8) is 0 Å². The molecule has 2 amide bonds. The molecule has 3 aliphatic rings. The van der Waals surface area contributed by atoms with Gasteiger partial charge >= 0.3 is 0 Å². The molecule has 2 N–H and O–H groups in total. The maximum absolute atomic E-state index is 13.0. The predicted octanol–water partition coefficient (Wildman–Crippen LogP) is 3.29. The van der Waals surface area contributed by atoms with Crippen LogP contribution in [-0.4, -0.2) is 52.8 Å². The lowest BCUT2D eigenvalue weighted by Gasteiger charge is -2.31. The van der Waals surface area contributed by atoms with Gasteiger partial charge in [-0.25, -0.2) is 0 Å². The van der Waals surface area contributed by atoms with Crippen LogP contribution < -0.4 is 0 Å². The Morgan fingerprint density at radius 1 is 1.26 bits per heavy atom. The molecule has 0 bridgehead atoms. The molecule has 6 heteroatoms. The van der Waals surface area contributed by atoms with E-state index in [1.54, 1.807) is 12.1 Å². The molecule has 0 radical (unpaired) electrons. The number of hydrogen-bond acceptors (Lipinski definition) is 5. The summed E-state index contributed by atoms with van der Waals surface area (Å²) in [7, 11) is 0. The summed E-state index contributed by atoms with van der Waals surface area (Å²) in [4.78, 5) is 27.3. The van der Waals surface area contributed by atoms with Crippen molar-refractivity contribution in [2.24, 2.45) is 17.8 Å². The highest BCUT2D eigenvalue weighted by Gasteiger charge is 2.56. The van der Waals surface area contributed by atoms with Crippen LogP contribution in [0.1, 0.15) is 45.1 Å². The summed E-state index contributed by atoms with van der Waals surface area (Å²) in [6.07, 6.45) is 4.68. The lowest BCUT2D eigenvalue weighted by molar-refractivity contribution is -0.140. The number of aromatic hydroxyl groups is 1. The number of benzene rings is 1. The number of carbonyl (C=O) groups is 2. The summed E-state index contributed by atoms with van der Waals surface area (Å²) < 4.78 is 6.12. The molecule has 0 spiro atoms. The van der Waals surface area contributed by atoms with Crippen LogP contribution >= 0.6 is 0 Å². The fraction of sp³-hybridized carbons (Fsp3) is 0.520. The number of rotatable bonds is 7. The molecule has 0 aromatic heterocycles. The van der Waals surface area contributed by atoms with Crippen LogP contribution in [0.15, 0.2) is 41.0 Å². The number of phenols is 1. The number of phenolic OH excluding ortho intramolecular Hbond substituents is 1. The van der Waals surface area contributed by atoms with Crippen LogP contribution in [0, 0.1) is 17.8 Å². The first-order valence-corrected chi connectivity index (χ1v) is 11.2. The molecule has 2 fully saturated rings. The summed E-state index contributed by atoms with van der Waals surface area (Å²) in [6.45, 7) is 4.81. The number of allylic oxidation sites excluding steroid dienone is 1. The van der Waals surface area contributed by atoms with Crippen LogP contribution in [0.5, 0.6) is 5.75 Å². The molecular formula is C25H31NO5. The number of aliphatic hydroxyl groups excluding tert-OH is 1. The van der Waals surface area contributed by atoms with Crippen LogP contribution in [0.2, 0.25) is 0 Å². The quantitative estimate of drug-likeness (QED) is 0.517. The molecule has 166 valence electrons. The predicted molar refractivity (Wildman–Crippen MR) is 117 cm³/mol. The van der Waals surface area contributed by atoms with E-state index in [9.17, 15) is 19.8 Å². The van der Waals surface area contributed by atoms with Crippen molar-refractivity contribution in [3.05, 3.63) is 46.5 Å². The van der Waals surface area contributed by atoms with Gasteiger partial charge in [-0.05, 0) is 61.4 Å². The van der Waals surface area contributed by atoms with Crippen molar-refractivity contribution in [2.75, 3.05) is 19.8 Å². The molecule has 1 aromatic carbocycles. The van der Waals surface area contributed by atoms with Gasteiger partial charge in [0.1, 0.15) is 5.75 Å². The Bertz CT molecular complexity index is 934. The topological polar surface area (TPSA) is 87.1 Å². The Morgan fingerprint density at radius 2 is 2.06 bits per heavy atom. The van der Waals surface area contributed by atoms with Crippen molar-refractivity contribution in [3.8, 4) is 5.75 Å². The van der Waals surface area contributed by atoms with Gasteiger partial charge in [0.15, 0.2) is 0 Å². The van der Waals surface area contributed by atoms with E-state index in [4.69, 9.17) is 4.74 Å². The van der Waals surface area contributed by atoms with Crippen molar-refractivity contribution in [1.82, 2.24) is 4.90 Å². The van der Waals surface area contributed by atoms with E-state index in [0.717, 1.165) is 36.0 Å². The van der Waals surface area contributed by atoms with Crippen molar-refractivity contribution in [2.45, 2.75) is 45.6 Å². The molecule has 4 atom stereocenters. The molecule has 0 saturated carbocycles. The molecule has 2 aliphatic heterocycles. The minimum absolute atomic E-state index is 0.0689. The van der Waals surface area contributed by atoms with Crippen molar-refractivity contribution in [1.29, 1.82) is 0 Å². The summed E-state index contributed by atoms with van der Waals surface area (Å²) in [5, 5.41) is 19.7. The van der Waals surface area contributed by atoms with E-state index in [1.807, 2.05) is 25.1 Å². The second kappa shape index (κ2) is 8.97. The Morgan fingerprint density at radius 3 is 2.77 bits per heavy atom. The highest BCUT2D eigenvalue weighted by molar-refractivity contribution is 6.05. The highest BCUT2D eigenvalue weighted by Crippen LogP contribution is 2.49. The van der Waals surface area contributed by atoms with Crippen LogP contribution in [-0.2, 0) is 14.3 Å². The summed E-state index contributed by atoms with van der Waals surface area (Å²) in [5.74, 6) is -0.732. The smallest absolute Gasteiger partial charge is 0.233 e. The summed E-state index contributed by atoms with van der Waals surface area (Å²) >= 11 is 0. The fourth-order valence-electron chi connectivity index (χ4n) is 5.46. The Labute approximate surface area is 183 Å². The lowest BCUT2D eigenvalue weighted by atomic mass is 9.69. The standard InChI is InChI=1S/C25H31NO5/c1-3-9-26-24(29)19-12-17(13-27)22-20(23(19)25(26)30)14-31-21(22)8-7-15(2)10-16-5-4-6-18(28)11-16/h4-6,10-11,19-21,23,27-28H,3,7-9,12-14H2,1-2H3/b15-10+/t19-,20+,21-,23-/m1/s1. The van der Waals surface area contributed by atoms with E-state index in [2.05, 4.69) is 6.92 Å². The summed E-state index contributed by atoms with van der Waals surface area (Å²) in [5.41, 5.74) is 4.04. The minimum Gasteiger partial charge on any atom is -0.508 e. The molecule has 1 aliphatic carbocycles. The van der Waals surface area contributed by atoms with E-state index in [-0.39, 0.29) is 48.0 Å². The normalized spacial score (nSPS) is 28.4. The monoisotopic (exact) mass is 425 g/mol.